The summed E-state index contributed by atoms with van der Waals surface area (Å²) in [6, 6.07) is 0. The Morgan fingerprint density at radius 2 is 1.53 bits per heavy atom. The molecule has 0 saturated heterocycles. The van der Waals surface area contributed by atoms with E-state index in [1.165, 1.54) is 13.0 Å². The second-order valence-electron chi connectivity index (χ2n) is 4.21. The lowest BCUT2D eigenvalue weighted by atomic mass is 10.1. The third-order valence-electron chi connectivity index (χ3n) is 2.43. The molecule has 4 heteroatoms. The van der Waals surface area contributed by atoms with Crippen LogP contribution in [0.25, 0.3) is 0 Å². The molecule has 0 amide bonds. The van der Waals surface area contributed by atoms with Crippen molar-refractivity contribution in [3.05, 3.63) is 23.3 Å². The van der Waals surface area contributed by atoms with Crippen LogP contribution in [0.1, 0.15) is 46.5 Å². The average molecular weight is 248 g/mol. The van der Waals surface area contributed by atoms with Crippen molar-refractivity contribution in [2.75, 3.05) is 0 Å². The smallest absolute Gasteiger partial charge is 0.300 e. The molecule has 98 valence electrons. The highest BCUT2D eigenvalue weighted by molar-refractivity contribution is 5.75. The van der Waals surface area contributed by atoms with Gasteiger partial charge in [0.25, 0.3) is 0 Å². The van der Waals surface area contributed by atoms with Crippen LogP contribution in [0, 0.1) is 0 Å². The molecule has 1 nitrogen and oxygen atoms in total. The topological polar surface area (TPSA) is 17.1 Å². The number of hydrogen-bond donors (Lipinski definition) is 0. The van der Waals surface area contributed by atoms with Crippen molar-refractivity contribution in [2.45, 2.75) is 52.6 Å². The van der Waals surface area contributed by atoms with Crippen LogP contribution in [0.3, 0.4) is 0 Å². The van der Waals surface area contributed by atoms with Gasteiger partial charge in [0.1, 0.15) is 5.78 Å². The van der Waals surface area contributed by atoms with Gasteiger partial charge in [0.2, 0.25) is 0 Å². The van der Waals surface area contributed by atoms with Gasteiger partial charge in [0, 0.05) is 12.0 Å². The molecule has 0 spiro atoms. The third-order valence-corrected chi connectivity index (χ3v) is 2.43. The van der Waals surface area contributed by atoms with E-state index in [9.17, 15) is 18.0 Å². The van der Waals surface area contributed by atoms with Crippen LogP contribution in [-0.2, 0) is 4.79 Å². The predicted molar refractivity (Wildman–Crippen MR) is 62.7 cm³/mol. The summed E-state index contributed by atoms with van der Waals surface area (Å²) in [5.41, 5.74) is 0.478. The largest absolute Gasteiger partial charge is 0.412 e. The van der Waals surface area contributed by atoms with Crippen molar-refractivity contribution >= 4 is 5.78 Å². The molecule has 0 saturated carbocycles. The SMILES string of the molecule is CC(=O)CC/C=C(\C)CC/C=C(/C)C(F)(F)F. The minimum Gasteiger partial charge on any atom is -0.300 e. The van der Waals surface area contributed by atoms with Crippen molar-refractivity contribution in [1.29, 1.82) is 0 Å². The Balaban J connectivity index is 4.00. The minimum atomic E-state index is -4.22. The Morgan fingerprint density at radius 3 is 2.00 bits per heavy atom. The molecule has 0 radical (unpaired) electrons. The quantitative estimate of drug-likeness (QED) is 0.628. The Labute approximate surface area is 100 Å². The van der Waals surface area contributed by atoms with E-state index in [0.717, 1.165) is 12.5 Å². The Hall–Kier alpha value is -1.06. The first kappa shape index (κ1) is 15.9. The van der Waals surface area contributed by atoms with Gasteiger partial charge in [-0.15, -0.1) is 0 Å². The standard InChI is InChI=1S/C13H19F3O/c1-10(7-5-9-12(3)17)6-4-8-11(2)13(14,15)16/h7-8H,4-6,9H2,1-3H3/b10-7+,11-8-. The van der Waals surface area contributed by atoms with Gasteiger partial charge in [0.15, 0.2) is 0 Å². The fourth-order valence-electron chi connectivity index (χ4n) is 1.26. The summed E-state index contributed by atoms with van der Waals surface area (Å²) in [5, 5.41) is 0. The fourth-order valence-corrected chi connectivity index (χ4v) is 1.26. The summed E-state index contributed by atoms with van der Waals surface area (Å²) >= 11 is 0. The number of alkyl halides is 3. The molecular weight excluding hydrogens is 229 g/mol. The molecule has 17 heavy (non-hydrogen) atoms. The highest BCUT2D eigenvalue weighted by atomic mass is 19.4. The van der Waals surface area contributed by atoms with E-state index in [-0.39, 0.29) is 5.78 Å². The molecule has 0 N–H and O–H groups in total. The Bertz CT molecular complexity index is 311. The third kappa shape index (κ3) is 8.72. The van der Waals surface area contributed by atoms with E-state index in [1.54, 1.807) is 0 Å². The van der Waals surface area contributed by atoms with Crippen LogP contribution in [0.15, 0.2) is 23.3 Å². The van der Waals surface area contributed by atoms with Gasteiger partial charge in [-0.2, -0.15) is 13.2 Å². The van der Waals surface area contributed by atoms with Crippen molar-refractivity contribution in [1.82, 2.24) is 0 Å². The summed E-state index contributed by atoms with van der Waals surface area (Å²) in [4.78, 5) is 10.7. The first-order chi connectivity index (χ1) is 7.73. The first-order valence-electron chi connectivity index (χ1n) is 5.62. The second kappa shape index (κ2) is 7.30. The molecule has 0 heterocycles. The average Bonchev–Trinajstić information content (AvgIpc) is 2.15. The van der Waals surface area contributed by atoms with E-state index >= 15 is 0 Å². The van der Waals surface area contributed by atoms with Crippen LogP contribution in [0.2, 0.25) is 0 Å². The Kier molecular flexibility index (Phi) is 6.85. The highest BCUT2D eigenvalue weighted by Gasteiger charge is 2.29. The van der Waals surface area contributed by atoms with Crippen molar-refractivity contribution in [3.8, 4) is 0 Å². The zero-order valence-electron chi connectivity index (χ0n) is 10.5. The highest BCUT2D eigenvalue weighted by Crippen LogP contribution is 2.25. The monoisotopic (exact) mass is 248 g/mol. The normalized spacial score (nSPS) is 14.0. The molecule has 0 aliphatic heterocycles. The van der Waals surface area contributed by atoms with Crippen LogP contribution in [0.4, 0.5) is 13.2 Å². The molecule has 0 atom stereocenters. The lowest BCUT2D eigenvalue weighted by Gasteiger charge is -2.06. The van der Waals surface area contributed by atoms with Crippen LogP contribution in [0.5, 0.6) is 0 Å². The van der Waals surface area contributed by atoms with Crippen molar-refractivity contribution in [3.63, 3.8) is 0 Å². The van der Waals surface area contributed by atoms with Crippen LogP contribution in [-0.4, -0.2) is 12.0 Å². The van der Waals surface area contributed by atoms with E-state index in [4.69, 9.17) is 0 Å². The van der Waals surface area contributed by atoms with Gasteiger partial charge in [-0.1, -0.05) is 17.7 Å². The number of carbonyl (C=O) groups is 1. The summed E-state index contributed by atoms with van der Waals surface area (Å²) < 4.78 is 36.4. The predicted octanol–water partition coefficient (Wildman–Crippen LogP) is 4.59. The molecule has 0 aromatic rings. The maximum absolute atomic E-state index is 12.1. The summed E-state index contributed by atoms with van der Waals surface area (Å²) in [6.45, 7) is 4.48. The molecule has 0 bridgehead atoms. The van der Waals surface area contributed by atoms with Gasteiger partial charge in [0.05, 0.1) is 0 Å². The minimum absolute atomic E-state index is 0.127. The number of carbonyl (C=O) groups excluding carboxylic acids is 1. The number of allylic oxidation sites excluding steroid dienone is 4. The Morgan fingerprint density at radius 1 is 1.00 bits per heavy atom. The maximum Gasteiger partial charge on any atom is 0.412 e. The molecular formula is C13H19F3O. The molecule has 0 aliphatic rings. The van der Waals surface area contributed by atoms with Crippen LogP contribution < -0.4 is 0 Å². The van der Waals surface area contributed by atoms with E-state index in [0.29, 0.717) is 25.7 Å². The van der Waals surface area contributed by atoms with Crippen LogP contribution >= 0.6 is 0 Å². The molecule has 0 aromatic heterocycles. The van der Waals surface area contributed by atoms with Gasteiger partial charge in [-0.05, 0) is 40.0 Å². The molecule has 0 aromatic carbocycles. The number of ketones is 1. The molecule has 0 aliphatic carbocycles. The van der Waals surface area contributed by atoms with E-state index < -0.39 is 11.7 Å². The van der Waals surface area contributed by atoms with Gasteiger partial charge in [-0.3, -0.25) is 0 Å². The second-order valence-corrected chi connectivity index (χ2v) is 4.21. The summed E-state index contributed by atoms with van der Waals surface area (Å²) in [6.07, 6.45) is 1.06. The molecule has 0 fully saturated rings. The number of Topliss-reactive ketones (excluding diaryl/α,β-unsaturated/α-hetero) is 1. The van der Waals surface area contributed by atoms with Gasteiger partial charge in [-0.25, -0.2) is 0 Å². The van der Waals surface area contributed by atoms with E-state index in [1.807, 2.05) is 13.0 Å². The lowest BCUT2D eigenvalue weighted by Crippen LogP contribution is -2.08. The van der Waals surface area contributed by atoms with Gasteiger partial charge < -0.3 is 4.79 Å². The van der Waals surface area contributed by atoms with Crippen molar-refractivity contribution in [2.24, 2.45) is 0 Å². The van der Waals surface area contributed by atoms with E-state index in [2.05, 4.69) is 0 Å². The fraction of sp³-hybridized carbons (Fsp3) is 0.615. The maximum atomic E-state index is 12.1. The summed E-state index contributed by atoms with van der Waals surface area (Å²) in [7, 11) is 0. The first-order valence-corrected chi connectivity index (χ1v) is 5.62. The summed E-state index contributed by atoms with van der Waals surface area (Å²) in [5.74, 6) is 0.127. The van der Waals surface area contributed by atoms with Crippen molar-refractivity contribution < 1.29 is 18.0 Å². The number of hydrogen-bond acceptors (Lipinski definition) is 1. The van der Waals surface area contributed by atoms with Gasteiger partial charge >= 0.3 is 6.18 Å². The lowest BCUT2D eigenvalue weighted by molar-refractivity contribution is -0.116. The number of halogens is 3. The number of rotatable bonds is 6. The molecule has 0 unspecified atom stereocenters. The molecule has 0 rings (SSSR count). The zero-order valence-corrected chi connectivity index (χ0v) is 10.5. The zero-order chi connectivity index (χ0) is 13.5.